The molecule has 1 aliphatic heterocycles. The lowest BCUT2D eigenvalue weighted by molar-refractivity contribution is -0.160. The Morgan fingerprint density at radius 1 is 1.27 bits per heavy atom. The summed E-state index contributed by atoms with van der Waals surface area (Å²) in [4.78, 5) is 29.8. The number of carbonyl (C=O) groups excluding carboxylic acids is 2. The van der Waals surface area contributed by atoms with E-state index in [0.29, 0.717) is 23.1 Å². The van der Waals surface area contributed by atoms with Crippen LogP contribution in [-0.4, -0.2) is 67.1 Å². The summed E-state index contributed by atoms with van der Waals surface area (Å²) >= 11 is 12.5. The van der Waals surface area contributed by atoms with Gasteiger partial charge in [0.05, 0.1) is 26.4 Å². The summed E-state index contributed by atoms with van der Waals surface area (Å²) in [5, 5.41) is 13.9. The molecule has 1 amide bonds. The molecule has 0 bridgehead atoms. The van der Waals surface area contributed by atoms with E-state index in [-0.39, 0.29) is 36.5 Å². The summed E-state index contributed by atoms with van der Waals surface area (Å²) in [6.45, 7) is 6.33. The number of pyridine rings is 1. The molecule has 2 aromatic rings. The summed E-state index contributed by atoms with van der Waals surface area (Å²) in [5.41, 5.74) is 0.577. The van der Waals surface area contributed by atoms with Gasteiger partial charge < -0.3 is 29.4 Å². The number of cyclic esters (lactones) is 1. The summed E-state index contributed by atoms with van der Waals surface area (Å²) in [6, 6.07) is 5.57. The second-order valence-corrected chi connectivity index (χ2v) is 10.2. The van der Waals surface area contributed by atoms with Gasteiger partial charge in [-0.05, 0) is 37.0 Å². The highest BCUT2D eigenvalue weighted by Gasteiger charge is 2.36. The third-order valence-corrected chi connectivity index (χ3v) is 6.46. The molecule has 1 fully saturated rings. The van der Waals surface area contributed by atoms with Crippen molar-refractivity contribution in [1.29, 1.82) is 0 Å². The van der Waals surface area contributed by atoms with Crippen LogP contribution in [0.1, 0.15) is 36.8 Å². The zero-order valence-corrected chi connectivity index (χ0v) is 22.7. The maximum absolute atomic E-state index is 13.0. The Kier molecular flexibility index (Phi) is 10.4. The predicted octanol–water partition coefficient (Wildman–Crippen LogP) is 4.06. The number of nitrogens with one attached hydrogen (secondary N) is 1. The molecule has 202 valence electrons. The van der Waals surface area contributed by atoms with Crippen LogP contribution in [0.25, 0.3) is 0 Å². The summed E-state index contributed by atoms with van der Waals surface area (Å²) in [6.07, 6.45) is 0.680. The first kappa shape index (κ1) is 29.0. The fraction of sp³-hybridized carbons (Fsp3) is 0.500. The highest BCUT2D eigenvalue weighted by Crippen LogP contribution is 2.29. The largest absolute Gasteiger partial charge is 0.503 e. The second-order valence-electron chi connectivity index (χ2n) is 9.31. The molecular weight excluding hydrogens is 523 g/mol. The number of amides is 1. The number of nitrogens with zero attached hydrogens (tertiary/aromatic N) is 1. The first-order chi connectivity index (χ1) is 17.6. The maximum Gasteiger partial charge on any atom is 0.331 e. The lowest BCUT2D eigenvalue weighted by Crippen LogP contribution is -2.46. The van der Waals surface area contributed by atoms with E-state index in [2.05, 4.69) is 10.3 Å². The van der Waals surface area contributed by atoms with E-state index < -0.39 is 35.9 Å². The molecule has 0 radical (unpaired) electrons. The molecule has 4 atom stereocenters. The lowest BCUT2D eigenvalue weighted by atomic mass is 9.91. The monoisotopic (exact) mass is 554 g/mol. The van der Waals surface area contributed by atoms with Crippen LogP contribution in [-0.2, 0) is 25.4 Å². The van der Waals surface area contributed by atoms with Gasteiger partial charge in [0.25, 0.3) is 5.91 Å². The van der Waals surface area contributed by atoms with Crippen molar-refractivity contribution in [1.82, 2.24) is 10.3 Å². The molecule has 1 aromatic carbocycles. The zero-order chi connectivity index (χ0) is 27.1. The summed E-state index contributed by atoms with van der Waals surface area (Å²) in [5.74, 6) is -1.77. The Labute approximate surface area is 226 Å². The van der Waals surface area contributed by atoms with Crippen LogP contribution in [0, 0.1) is 11.8 Å². The molecule has 0 spiro atoms. The van der Waals surface area contributed by atoms with E-state index in [9.17, 15) is 14.7 Å². The number of hydrogen-bond donors (Lipinski definition) is 2. The molecule has 0 aliphatic carbocycles. The van der Waals surface area contributed by atoms with Gasteiger partial charge in [-0.15, -0.1) is 0 Å². The molecule has 3 rings (SSSR count). The van der Waals surface area contributed by atoms with E-state index in [4.69, 9.17) is 42.1 Å². The van der Waals surface area contributed by atoms with Gasteiger partial charge >= 0.3 is 5.97 Å². The van der Waals surface area contributed by atoms with E-state index in [1.807, 2.05) is 19.9 Å². The van der Waals surface area contributed by atoms with Crippen LogP contribution in [0.4, 0.5) is 0 Å². The maximum atomic E-state index is 13.0. The van der Waals surface area contributed by atoms with Crippen molar-refractivity contribution in [3.63, 3.8) is 0 Å². The van der Waals surface area contributed by atoms with E-state index in [1.54, 1.807) is 19.1 Å². The van der Waals surface area contributed by atoms with Gasteiger partial charge in [0.1, 0.15) is 6.10 Å². The number of ether oxygens (including phenoxy) is 4. The standard InChI is InChI=1S/C26H32Cl2N2O7/c1-14(2)11-36-24-15(3)37-26(33)20(30-25(32)22-23(31)21(34-4)7-8-29-22)13-35-12-17(24)9-16-5-6-18(27)10-19(16)28/h5-8,10,14-15,17,20,24,31H,9,11-13H2,1-4H3,(H,30,32)/t15-,17-,20-,24-/m0/s1. The number of hydrogen-bond acceptors (Lipinski definition) is 8. The van der Waals surface area contributed by atoms with Crippen LogP contribution in [0.5, 0.6) is 11.5 Å². The average Bonchev–Trinajstić information content (AvgIpc) is 2.88. The Morgan fingerprint density at radius 3 is 2.70 bits per heavy atom. The van der Waals surface area contributed by atoms with E-state index in [1.165, 1.54) is 19.4 Å². The van der Waals surface area contributed by atoms with Crippen molar-refractivity contribution < 1.29 is 33.6 Å². The number of aromatic hydroxyl groups is 1. The molecule has 1 aromatic heterocycles. The third-order valence-electron chi connectivity index (χ3n) is 5.88. The number of benzene rings is 1. The van der Waals surface area contributed by atoms with Crippen LogP contribution in [0.15, 0.2) is 30.5 Å². The lowest BCUT2D eigenvalue weighted by Gasteiger charge is -2.31. The molecule has 9 nitrogen and oxygen atoms in total. The molecule has 2 N–H and O–H groups in total. The molecule has 0 saturated carbocycles. The number of halogens is 2. The molecule has 1 aliphatic rings. The van der Waals surface area contributed by atoms with Crippen molar-refractivity contribution >= 4 is 35.1 Å². The van der Waals surface area contributed by atoms with Gasteiger partial charge in [0.15, 0.2) is 23.2 Å². The van der Waals surface area contributed by atoms with Crippen LogP contribution in [0.3, 0.4) is 0 Å². The topological polar surface area (TPSA) is 116 Å². The summed E-state index contributed by atoms with van der Waals surface area (Å²) < 4.78 is 22.9. The van der Waals surface area contributed by atoms with Crippen molar-refractivity contribution in [3.05, 3.63) is 51.8 Å². The van der Waals surface area contributed by atoms with Crippen molar-refractivity contribution in [3.8, 4) is 11.5 Å². The number of esters is 1. The molecule has 1 saturated heterocycles. The Hall–Kier alpha value is -2.59. The Balaban J connectivity index is 1.81. The minimum absolute atomic E-state index is 0.0795. The normalized spacial score (nSPS) is 22.5. The van der Waals surface area contributed by atoms with E-state index >= 15 is 0 Å². The molecular formula is C26H32Cl2N2O7. The van der Waals surface area contributed by atoms with Gasteiger partial charge in [0, 0.05) is 34.8 Å². The first-order valence-electron chi connectivity index (χ1n) is 12.0. The predicted molar refractivity (Wildman–Crippen MR) is 138 cm³/mol. The van der Waals surface area contributed by atoms with E-state index in [0.717, 1.165) is 5.56 Å². The SMILES string of the molecule is COc1ccnc(C(=O)N[C@H]2COC[C@H](Cc3ccc(Cl)cc3Cl)[C@@H](OCC(C)C)[C@H](C)OC2=O)c1O. The summed E-state index contributed by atoms with van der Waals surface area (Å²) in [7, 11) is 1.35. The molecule has 0 unspecified atom stereocenters. The Bertz CT molecular complexity index is 1100. The van der Waals surface area contributed by atoms with Gasteiger partial charge in [-0.3, -0.25) is 4.79 Å². The quantitative estimate of drug-likeness (QED) is 0.469. The van der Waals surface area contributed by atoms with Crippen LogP contribution >= 0.6 is 23.2 Å². The second kappa shape index (κ2) is 13.3. The van der Waals surface area contributed by atoms with Crippen molar-refractivity contribution in [2.75, 3.05) is 26.9 Å². The molecule has 37 heavy (non-hydrogen) atoms. The van der Waals surface area contributed by atoms with Gasteiger partial charge in [0.2, 0.25) is 0 Å². The highest BCUT2D eigenvalue weighted by molar-refractivity contribution is 6.35. The van der Waals surface area contributed by atoms with Crippen LogP contribution < -0.4 is 10.1 Å². The number of aromatic nitrogens is 1. The molecule has 11 heteroatoms. The highest BCUT2D eigenvalue weighted by atomic mass is 35.5. The van der Waals surface area contributed by atoms with Gasteiger partial charge in [-0.2, -0.15) is 0 Å². The van der Waals surface area contributed by atoms with Gasteiger partial charge in [-0.1, -0.05) is 43.1 Å². The minimum Gasteiger partial charge on any atom is -0.503 e. The fourth-order valence-electron chi connectivity index (χ4n) is 4.03. The third kappa shape index (κ3) is 7.70. The number of carbonyl (C=O) groups is 2. The van der Waals surface area contributed by atoms with Gasteiger partial charge in [-0.25, -0.2) is 9.78 Å². The first-order valence-corrected chi connectivity index (χ1v) is 12.7. The number of rotatable bonds is 8. The average molecular weight is 555 g/mol. The Morgan fingerprint density at radius 2 is 2.03 bits per heavy atom. The minimum atomic E-state index is -1.13. The van der Waals surface area contributed by atoms with Crippen molar-refractivity contribution in [2.24, 2.45) is 11.8 Å². The zero-order valence-electron chi connectivity index (χ0n) is 21.2. The van der Waals surface area contributed by atoms with Crippen LogP contribution in [0.2, 0.25) is 10.0 Å². The number of methoxy groups -OCH3 is 1. The fourth-order valence-corrected chi connectivity index (χ4v) is 4.52. The molecule has 2 heterocycles. The smallest absolute Gasteiger partial charge is 0.331 e. The van der Waals surface area contributed by atoms with Crippen molar-refractivity contribution in [2.45, 2.75) is 45.4 Å².